The summed E-state index contributed by atoms with van der Waals surface area (Å²) < 4.78 is 28.3. The van der Waals surface area contributed by atoms with Gasteiger partial charge in [-0.05, 0) is 30.7 Å². The maximum atomic E-state index is 12.2. The molecule has 110 valence electrons. The Hall–Kier alpha value is -2.30. The molecule has 0 saturated heterocycles. The van der Waals surface area contributed by atoms with Gasteiger partial charge in [-0.1, -0.05) is 11.8 Å². The van der Waals surface area contributed by atoms with Crippen molar-refractivity contribution < 1.29 is 13.5 Å². The Labute approximate surface area is 123 Å². The molecule has 21 heavy (non-hydrogen) atoms. The number of nitrogens with zero attached hydrogens (tertiary/aromatic N) is 2. The molecule has 1 heterocycles. The zero-order valence-electron chi connectivity index (χ0n) is 11.7. The third-order valence-corrected chi connectivity index (χ3v) is 3.97. The van der Waals surface area contributed by atoms with E-state index in [9.17, 15) is 8.42 Å². The fraction of sp³-hybridized carbons (Fsp3) is 0.214. The summed E-state index contributed by atoms with van der Waals surface area (Å²) in [5, 5.41) is 12.6. The van der Waals surface area contributed by atoms with E-state index in [1.807, 2.05) is 13.0 Å². The molecule has 0 bridgehead atoms. The number of nitrogens with one attached hydrogen (secondary N) is 1. The Morgan fingerprint density at radius 3 is 2.76 bits per heavy atom. The molecule has 0 radical (unpaired) electrons. The predicted molar refractivity (Wildman–Crippen MR) is 79.2 cm³/mol. The number of aliphatic hydroxyl groups excluding tert-OH is 1. The monoisotopic (exact) mass is 305 g/mol. The molecule has 0 saturated carbocycles. The van der Waals surface area contributed by atoms with Crippen LogP contribution in [0.1, 0.15) is 11.1 Å². The van der Waals surface area contributed by atoms with Crippen LogP contribution < -0.4 is 4.72 Å². The van der Waals surface area contributed by atoms with E-state index in [-0.39, 0.29) is 11.5 Å². The van der Waals surface area contributed by atoms with Crippen molar-refractivity contribution in [3.05, 3.63) is 41.7 Å². The maximum absolute atomic E-state index is 12.2. The van der Waals surface area contributed by atoms with E-state index in [0.717, 1.165) is 5.56 Å². The van der Waals surface area contributed by atoms with Crippen LogP contribution in [-0.4, -0.2) is 29.9 Å². The van der Waals surface area contributed by atoms with Gasteiger partial charge < -0.3 is 5.11 Å². The molecule has 2 rings (SSSR count). The van der Waals surface area contributed by atoms with Crippen molar-refractivity contribution >= 4 is 15.7 Å². The number of aliphatic hydroxyl groups is 1. The number of hydrogen-bond donors (Lipinski definition) is 2. The first-order chi connectivity index (χ1) is 9.90. The van der Waals surface area contributed by atoms with Crippen molar-refractivity contribution in [2.24, 2.45) is 7.05 Å². The lowest BCUT2D eigenvalue weighted by Gasteiger charge is -2.08. The maximum Gasteiger partial charge on any atom is 0.265 e. The van der Waals surface area contributed by atoms with Gasteiger partial charge in [0.2, 0.25) is 0 Å². The number of anilines is 1. The summed E-state index contributed by atoms with van der Waals surface area (Å²) in [5.74, 6) is 5.29. The second-order valence-corrected chi connectivity index (χ2v) is 6.19. The second-order valence-electron chi connectivity index (χ2n) is 4.50. The van der Waals surface area contributed by atoms with Crippen LogP contribution in [0.3, 0.4) is 0 Å². The fourth-order valence-electron chi connectivity index (χ4n) is 1.81. The second kappa shape index (κ2) is 5.99. The zero-order chi connectivity index (χ0) is 15.5. The Bertz CT molecular complexity index is 813. The van der Waals surface area contributed by atoms with Crippen LogP contribution in [0.15, 0.2) is 35.5 Å². The van der Waals surface area contributed by atoms with Crippen LogP contribution in [0.25, 0.3) is 0 Å². The summed E-state index contributed by atoms with van der Waals surface area (Å²) in [6, 6.07) is 5.13. The molecule has 0 fully saturated rings. The van der Waals surface area contributed by atoms with Gasteiger partial charge in [-0.15, -0.1) is 0 Å². The van der Waals surface area contributed by atoms with E-state index >= 15 is 0 Å². The van der Waals surface area contributed by atoms with Gasteiger partial charge in [0.15, 0.2) is 0 Å². The van der Waals surface area contributed by atoms with Crippen LogP contribution in [-0.2, 0) is 17.1 Å². The Kier molecular flexibility index (Phi) is 4.31. The normalized spacial score (nSPS) is 10.8. The lowest BCUT2D eigenvalue weighted by atomic mass is 10.1. The quantitative estimate of drug-likeness (QED) is 0.824. The first-order valence-corrected chi connectivity index (χ1v) is 7.62. The predicted octanol–water partition coefficient (Wildman–Crippen LogP) is 0.873. The number of benzene rings is 1. The van der Waals surface area contributed by atoms with Crippen molar-refractivity contribution in [1.82, 2.24) is 9.78 Å². The third kappa shape index (κ3) is 3.84. The summed E-state index contributed by atoms with van der Waals surface area (Å²) >= 11 is 0. The Morgan fingerprint density at radius 2 is 2.14 bits per heavy atom. The highest BCUT2D eigenvalue weighted by molar-refractivity contribution is 7.92. The van der Waals surface area contributed by atoms with E-state index in [4.69, 9.17) is 5.11 Å². The van der Waals surface area contributed by atoms with Crippen LogP contribution in [0.5, 0.6) is 0 Å². The topological polar surface area (TPSA) is 84.2 Å². The summed E-state index contributed by atoms with van der Waals surface area (Å²) in [6.07, 6.45) is 2.70. The standard InChI is InChI=1S/C14H15N3O3S/c1-11-6-12(4-3-5-18)8-13(7-11)16-21(19,20)14-9-15-17(2)10-14/h6-10,16,18H,5H2,1-2H3. The van der Waals surface area contributed by atoms with Crippen molar-refractivity contribution in [2.45, 2.75) is 11.8 Å². The summed E-state index contributed by atoms with van der Waals surface area (Å²) in [7, 11) is -2.03. The first-order valence-electron chi connectivity index (χ1n) is 6.13. The van der Waals surface area contributed by atoms with Crippen LogP contribution in [0.2, 0.25) is 0 Å². The average Bonchev–Trinajstić information content (AvgIpc) is 2.83. The molecule has 2 N–H and O–H groups in total. The van der Waals surface area contributed by atoms with E-state index < -0.39 is 10.0 Å². The lowest BCUT2D eigenvalue weighted by Crippen LogP contribution is -2.12. The number of aryl methyl sites for hydroxylation is 2. The summed E-state index contributed by atoms with van der Waals surface area (Å²) in [6.45, 7) is 1.59. The van der Waals surface area contributed by atoms with E-state index in [0.29, 0.717) is 11.3 Å². The fourth-order valence-corrected chi connectivity index (χ4v) is 2.83. The molecule has 0 unspecified atom stereocenters. The van der Waals surface area contributed by atoms with Crippen LogP contribution in [0.4, 0.5) is 5.69 Å². The number of aromatic nitrogens is 2. The van der Waals surface area contributed by atoms with Crippen molar-refractivity contribution in [2.75, 3.05) is 11.3 Å². The van der Waals surface area contributed by atoms with Gasteiger partial charge in [0.1, 0.15) is 11.5 Å². The Balaban J connectivity index is 2.33. The van der Waals surface area contributed by atoms with Gasteiger partial charge in [0.25, 0.3) is 10.0 Å². The van der Waals surface area contributed by atoms with Gasteiger partial charge in [0, 0.05) is 18.8 Å². The molecule has 7 heteroatoms. The molecule has 0 amide bonds. The summed E-state index contributed by atoms with van der Waals surface area (Å²) in [5.41, 5.74) is 1.91. The molecule has 6 nitrogen and oxygen atoms in total. The molecule has 0 aliphatic rings. The third-order valence-electron chi connectivity index (χ3n) is 2.63. The smallest absolute Gasteiger partial charge is 0.265 e. The average molecular weight is 305 g/mol. The largest absolute Gasteiger partial charge is 0.384 e. The molecule has 2 aromatic rings. The molecule has 0 atom stereocenters. The van der Waals surface area contributed by atoms with E-state index in [1.165, 1.54) is 17.1 Å². The van der Waals surface area contributed by atoms with E-state index in [1.54, 1.807) is 19.2 Å². The summed E-state index contributed by atoms with van der Waals surface area (Å²) in [4.78, 5) is 0.0921. The molecular formula is C14H15N3O3S. The van der Waals surface area contributed by atoms with E-state index in [2.05, 4.69) is 21.7 Å². The van der Waals surface area contributed by atoms with Gasteiger partial charge in [0.05, 0.1) is 11.9 Å². The molecule has 0 aliphatic heterocycles. The molecule has 1 aromatic heterocycles. The molecule has 0 aliphatic carbocycles. The highest BCUT2D eigenvalue weighted by Crippen LogP contribution is 2.18. The van der Waals surface area contributed by atoms with Crippen LogP contribution in [0, 0.1) is 18.8 Å². The molecule has 1 aromatic carbocycles. The van der Waals surface area contributed by atoms with Crippen molar-refractivity contribution in [3.63, 3.8) is 0 Å². The lowest BCUT2D eigenvalue weighted by molar-refractivity contribution is 0.350. The van der Waals surface area contributed by atoms with Crippen molar-refractivity contribution in [1.29, 1.82) is 0 Å². The Morgan fingerprint density at radius 1 is 1.38 bits per heavy atom. The van der Waals surface area contributed by atoms with Gasteiger partial charge in [-0.2, -0.15) is 5.10 Å². The zero-order valence-corrected chi connectivity index (χ0v) is 12.5. The first kappa shape index (κ1) is 15.1. The van der Waals surface area contributed by atoms with Gasteiger partial charge in [-0.3, -0.25) is 9.40 Å². The van der Waals surface area contributed by atoms with Crippen molar-refractivity contribution in [3.8, 4) is 11.8 Å². The number of hydrogen-bond acceptors (Lipinski definition) is 4. The number of sulfonamides is 1. The minimum atomic E-state index is -3.68. The van der Waals surface area contributed by atoms with Crippen LogP contribution >= 0.6 is 0 Å². The molecule has 0 spiro atoms. The minimum Gasteiger partial charge on any atom is -0.384 e. The highest BCUT2D eigenvalue weighted by Gasteiger charge is 2.16. The highest BCUT2D eigenvalue weighted by atomic mass is 32.2. The molecular weight excluding hydrogens is 290 g/mol. The van der Waals surface area contributed by atoms with Gasteiger partial charge in [-0.25, -0.2) is 8.42 Å². The SMILES string of the molecule is Cc1cc(C#CCO)cc(NS(=O)(=O)c2cnn(C)c2)c1. The minimum absolute atomic E-state index is 0.0921. The number of rotatable bonds is 3. The van der Waals surface area contributed by atoms with Gasteiger partial charge >= 0.3 is 0 Å².